The summed E-state index contributed by atoms with van der Waals surface area (Å²) in [5.74, 6) is -1.58. The van der Waals surface area contributed by atoms with Gasteiger partial charge in [-0.2, -0.15) is 0 Å². The maximum atomic E-state index is 12.5. The van der Waals surface area contributed by atoms with E-state index in [0.29, 0.717) is 19.3 Å². The SMILES string of the molecule is CC/C=C/C/C=C/CCC(=O)OC(COCCC(C(=O)O)[N+](C)(C)C)COC(=O)CCCCCCC/C=C/CCCCCCCCC. The van der Waals surface area contributed by atoms with Gasteiger partial charge in [-0.25, -0.2) is 4.79 Å². The average molecular weight is 665 g/mol. The largest absolute Gasteiger partial charge is 0.477 e. The van der Waals surface area contributed by atoms with Gasteiger partial charge in [0.2, 0.25) is 0 Å². The number of allylic oxidation sites excluding steroid dienone is 6. The van der Waals surface area contributed by atoms with Crippen LogP contribution in [0.2, 0.25) is 0 Å². The number of esters is 2. The number of ether oxygens (including phenoxy) is 3. The molecule has 272 valence electrons. The van der Waals surface area contributed by atoms with Gasteiger partial charge in [0.1, 0.15) is 6.61 Å². The summed E-state index contributed by atoms with van der Waals surface area (Å²) in [7, 11) is 5.48. The van der Waals surface area contributed by atoms with Crippen LogP contribution in [-0.4, -0.2) is 80.6 Å². The van der Waals surface area contributed by atoms with Gasteiger partial charge in [0.05, 0.1) is 34.4 Å². The zero-order chi connectivity index (χ0) is 35.0. The molecule has 2 unspecified atom stereocenters. The van der Waals surface area contributed by atoms with E-state index < -0.39 is 18.1 Å². The Morgan fingerprint density at radius 1 is 0.660 bits per heavy atom. The monoisotopic (exact) mass is 665 g/mol. The summed E-state index contributed by atoms with van der Waals surface area (Å²) >= 11 is 0. The molecule has 1 N–H and O–H groups in total. The lowest BCUT2D eigenvalue weighted by atomic mass is 10.1. The predicted octanol–water partition coefficient (Wildman–Crippen LogP) is 9.13. The summed E-state index contributed by atoms with van der Waals surface area (Å²) in [6.45, 7) is 4.49. The van der Waals surface area contributed by atoms with Crippen LogP contribution >= 0.6 is 0 Å². The van der Waals surface area contributed by atoms with Crippen LogP contribution in [0.5, 0.6) is 0 Å². The molecule has 0 amide bonds. The number of hydrogen-bond acceptors (Lipinski definition) is 6. The zero-order valence-electron chi connectivity index (χ0n) is 30.7. The van der Waals surface area contributed by atoms with Gasteiger partial charge in [-0.15, -0.1) is 0 Å². The molecule has 0 saturated carbocycles. The van der Waals surface area contributed by atoms with E-state index in [0.717, 1.165) is 44.9 Å². The van der Waals surface area contributed by atoms with Gasteiger partial charge in [0, 0.05) is 19.3 Å². The van der Waals surface area contributed by atoms with Crippen LogP contribution in [0.1, 0.15) is 142 Å². The topological polar surface area (TPSA) is 99.1 Å². The van der Waals surface area contributed by atoms with Gasteiger partial charge in [-0.3, -0.25) is 9.59 Å². The van der Waals surface area contributed by atoms with Crippen molar-refractivity contribution in [1.82, 2.24) is 0 Å². The van der Waals surface area contributed by atoms with E-state index in [1.54, 1.807) is 0 Å². The molecular weight excluding hydrogens is 594 g/mol. The molecule has 0 fully saturated rings. The highest BCUT2D eigenvalue weighted by atomic mass is 16.6. The fourth-order valence-electron chi connectivity index (χ4n) is 5.14. The second-order valence-electron chi connectivity index (χ2n) is 13.4. The number of aliphatic carboxylic acids is 1. The summed E-state index contributed by atoms with van der Waals surface area (Å²) < 4.78 is 17.0. The van der Waals surface area contributed by atoms with Crippen molar-refractivity contribution in [2.24, 2.45) is 0 Å². The zero-order valence-corrected chi connectivity index (χ0v) is 30.7. The van der Waals surface area contributed by atoms with Gasteiger partial charge in [0.15, 0.2) is 12.1 Å². The van der Waals surface area contributed by atoms with E-state index in [-0.39, 0.29) is 42.7 Å². The number of carboxylic acid groups (broad SMARTS) is 1. The molecule has 0 saturated heterocycles. The molecule has 0 aromatic heterocycles. The smallest absolute Gasteiger partial charge is 0.362 e. The number of nitrogens with zero attached hydrogens (tertiary/aromatic N) is 1. The van der Waals surface area contributed by atoms with Crippen molar-refractivity contribution in [3.8, 4) is 0 Å². The Bertz CT molecular complexity index is 875. The number of likely N-dealkylation sites (N-methyl/N-ethyl adjacent to an activating group) is 1. The van der Waals surface area contributed by atoms with Crippen LogP contribution < -0.4 is 0 Å². The van der Waals surface area contributed by atoms with Crippen molar-refractivity contribution < 1.29 is 38.2 Å². The third-order valence-electron chi connectivity index (χ3n) is 8.04. The van der Waals surface area contributed by atoms with Gasteiger partial charge < -0.3 is 23.8 Å². The van der Waals surface area contributed by atoms with E-state index >= 15 is 0 Å². The van der Waals surface area contributed by atoms with Gasteiger partial charge >= 0.3 is 17.9 Å². The number of carbonyl (C=O) groups is 3. The number of hydrogen-bond donors (Lipinski definition) is 1. The molecule has 47 heavy (non-hydrogen) atoms. The van der Waals surface area contributed by atoms with E-state index in [4.69, 9.17) is 14.2 Å². The van der Waals surface area contributed by atoms with Crippen molar-refractivity contribution in [1.29, 1.82) is 0 Å². The molecule has 0 heterocycles. The number of carbonyl (C=O) groups excluding carboxylic acids is 2. The Kier molecular flexibility index (Phi) is 29.2. The lowest BCUT2D eigenvalue weighted by molar-refractivity contribution is -0.887. The number of carboxylic acids is 1. The lowest BCUT2D eigenvalue weighted by Gasteiger charge is -2.31. The maximum Gasteiger partial charge on any atom is 0.362 e. The molecule has 8 nitrogen and oxygen atoms in total. The molecule has 0 aliphatic heterocycles. The Hall–Kier alpha value is -2.45. The third-order valence-corrected chi connectivity index (χ3v) is 8.04. The maximum absolute atomic E-state index is 12.5. The lowest BCUT2D eigenvalue weighted by Crippen LogP contribution is -2.50. The first kappa shape index (κ1) is 44.5. The normalized spacial score (nSPS) is 13.5. The van der Waals surface area contributed by atoms with Crippen molar-refractivity contribution in [3.63, 3.8) is 0 Å². The van der Waals surface area contributed by atoms with Crippen LogP contribution in [0.15, 0.2) is 36.5 Å². The fourth-order valence-corrected chi connectivity index (χ4v) is 5.14. The molecule has 0 aliphatic rings. The molecule has 0 aromatic rings. The summed E-state index contributed by atoms with van der Waals surface area (Å²) in [5.41, 5.74) is 0. The first-order valence-corrected chi connectivity index (χ1v) is 18.5. The predicted molar refractivity (Wildman–Crippen MR) is 192 cm³/mol. The van der Waals surface area contributed by atoms with Crippen LogP contribution in [-0.2, 0) is 28.6 Å². The first-order chi connectivity index (χ1) is 22.6. The van der Waals surface area contributed by atoms with E-state index in [9.17, 15) is 19.5 Å². The van der Waals surface area contributed by atoms with Crippen molar-refractivity contribution in [2.45, 2.75) is 154 Å². The molecule has 8 heteroatoms. The van der Waals surface area contributed by atoms with Crippen molar-refractivity contribution >= 4 is 17.9 Å². The van der Waals surface area contributed by atoms with Gasteiger partial charge in [-0.1, -0.05) is 108 Å². The molecule has 0 bridgehead atoms. The highest BCUT2D eigenvalue weighted by molar-refractivity contribution is 5.72. The van der Waals surface area contributed by atoms with E-state index in [1.807, 2.05) is 33.3 Å². The fraction of sp³-hybridized carbons (Fsp3) is 0.769. The molecule has 0 aliphatic carbocycles. The second kappa shape index (κ2) is 30.9. The molecule has 2 atom stereocenters. The van der Waals surface area contributed by atoms with Crippen LogP contribution in [0.3, 0.4) is 0 Å². The number of quaternary nitrogens is 1. The Balaban J connectivity index is 4.37. The summed E-state index contributed by atoms with van der Waals surface area (Å²) in [5, 5.41) is 9.55. The minimum atomic E-state index is -0.887. The molecule has 0 aromatic carbocycles. The van der Waals surface area contributed by atoms with Gasteiger partial charge in [-0.05, 0) is 51.4 Å². The quantitative estimate of drug-likeness (QED) is 0.0331. The van der Waals surface area contributed by atoms with Crippen molar-refractivity contribution in [2.75, 3.05) is 41.0 Å². The average Bonchev–Trinajstić information content (AvgIpc) is 3.01. The Morgan fingerprint density at radius 3 is 1.83 bits per heavy atom. The second-order valence-corrected chi connectivity index (χ2v) is 13.4. The van der Waals surface area contributed by atoms with Crippen LogP contribution in [0.25, 0.3) is 0 Å². The molecular formula is C39H70NO7+. The molecule has 0 spiro atoms. The number of unbranched alkanes of at least 4 members (excludes halogenated alkanes) is 12. The standard InChI is InChI=1S/C39H69NO7/c1-6-8-10-12-14-15-16-17-18-19-20-21-22-24-25-27-29-37(41)46-34-35(33-45-32-31-36(39(43)44)40(3,4)5)47-38(42)30-28-26-23-13-11-9-7-2/h9,11,18-19,23,26,35-36H,6-8,10,12-17,20-22,24-25,27-34H2,1-5H3/p+1/b11-9+,19-18+,26-23+. The Morgan fingerprint density at radius 2 is 1.23 bits per heavy atom. The molecule has 0 radical (unpaired) electrons. The van der Waals surface area contributed by atoms with E-state index in [2.05, 4.69) is 38.2 Å². The van der Waals surface area contributed by atoms with Crippen LogP contribution in [0, 0.1) is 0 Å². The van der Waals surface area contributed by atoms with Crippen molar-refractivity contribution in [3.05, 3.63) is 36.5 Å². The minimum absolute atomic E-state index is 0.0354. The minimum Gasteiger partial charge on any atom is -0.477 e. The van der Waals surface area contributed by atoms with Gasteiger partial charge in [0.25, 0.3) is 0 Å². The molecule has 0 rings (SSSR count). The summed E-state index contributed by atoms with van der Waals surface area (Å²) in [6, 6.07) is -0.621. The summed E-state index contributed by atoms with van der Waals surface area (Å²) in [6.07, 6.45) is 32.3. The van der Waals surface area contributed by atoms with E-state index in [1.165, 1.54) is 57.8 Å². The Labute approximate surface area is 287 Å². The summed E-state index contributed by atoms with van der Waals surface area (Å²) in [4.78, 5) is 36.5. The highest BCUT2D eigenvalue weighted by Gasteiger charge is 2.31. The highest BCUT2D eigenvalue weighted by Crippen LogP contribution is 2.12. The third kappa shape index (κ3) is 29.4. The van der Waals surface area contributed by atoms with Crippen LogP contribution in [0.4, 0.5) is 0 Å². The first-order valence-electron chi connectivity index (χ1n) is 18.5. The number of rotatable bonds is 32.